The van der Waals surface area contributed by atoms with E-state index < -0.39 is 0 Å². The van der Waals surface area contributed by atoms with E-state index >= 15 is 0 Å². The molecule has 1 aliphatic rings. The quantitative estimate of drug-likeness (QED) is 0.706. The van der Waals surface area contributed by atoms with Crippen molar-refractivity contribution < 1.29 is 4.79 Å². The fourth-order valence-corrected chi connectivity index (χ4v) is 3.82. The molecule has 1 amide bonds. The molecule has 1 fully saturated rings. The van der Waals surface area contributed by atoms with Crippen molar-refractivity contribution in [3.63, 3.8) is 0 Å². The molecule has 0 atom stereocenters. The average molecular weight is 438 g/mol. The topological polar surface area (TPSA) is 59.4 Å². The molecule has 2 aromatic carbocycles. The van der Waals surface area contributed by atoms with Crippen molar-refractivity contribution in [2.24, 2.45) is 0 Å². The van der Waals surface area contributed by atoms with Gasteiger partial charge in [0.25, 0.3) is 0 Å². The first-order valence-electron chi connectivity index (χ1n) is 8.89. The minimum absolute atomic E-state index is 0.161. The van der Waals surface area contributed by atoms with Crippen LogP contribution in [0.5, 0.6) is 0 Å². The molecule has 8 heteroatoms. The van der Waals surface area contributed by atoms with E-state index in [-0.39, 0.29) is 12.5 Å². The number of benzene rings is 2. The highest BCUT2D eigenvalue weighted by Crippen LogP contribution is 2.32. The Hall–Kier alpha value is -1.97. The lowest BCUT2D eigenvalue weighted by Gasteiger charge is -2.24. The molecule has 0 radical (unpaired) electrons. The molecular formula is C20H19Cl3N4O. The lowest BCUT2D eigenvalue weighted by atomic mass is 10.1. The molecule has 0 aromatic heterocycles. The van der Waals surface area contributed by atoms with E-state index in [0.29, 0.717) is 26.3 Å². The smallest absolute Gasteiger partial charge is 0.238 e. The highest BCUT2D eigenvalue weighted by atomic mass is 35.5. The molecular weight excluding hydrogens is 419 g/mol. The second kappa shape index (κ2) is 9.49. The van der Waals surface area contributed by atoms with Gasteiger partial charge in [-0.15, -0.1) is 0 Å². The second-order valence-electron chi connectivity index (χ2n) is 6.54. The summed E-state index contributed by atoms with van der Waals surface area (Å²) in [7, 11) is 0. The molecule has 0 bridgehead atoms. The maximum Gasteiger partial charge on any atom is 0.238 e. The van der Waals surface area contributed by atoms with Gasteiger partial charge in [-0.3, -0.25) is 9.69 Å². The van der Waals surface area contributed by atoms with E-state index in [1.165, 1.54) is 6.07 Å². The summed E-state index contributed by atoms with van der Waals surface area (Å²) in [6.07, 6.45) is 0.903. The van der Waals surface area contributed by atoms with Gasteiger partial charge in [0.1, 0.15) is 6.07 Å². The molecule has 28 heavy (non-hydrogen) atoms. The summed E-state index contributed by atoms with van der Waals surface area (Å²) in [6, 6.07) is 12.9. The Morgan fingerprint density at radius 1 is 1.04 bits per heavy atom. The van der Waals surface area contributed by atoms with Crippen LogP contribution in [0.15, 0.2) is 36.4 Å². The lowest BCUT2D eigenvalue weighted by Crippen LogP contribution is -2.36. The van der Waals surface area contributed by atoms with Gasteiger partial charge >= 0.3 is 0 Å². The number of carbonyl (C=O) groups is 1. The Labute approximate surface area is 179 Å². The van der Waals surface area contributed by atoms with E-state index in [1.54, 1.807) is 6.07 Å². The van der Waals surface area contributed by atoms with E-state index in [2.05, 4.69) is 21.2 Å². The average Bonchev–Trinajstić information content (AvgIpc) is 2.91. The van der Waals surface area contributed by atoms with Gasteiger partial charge in [-0.05, 0) is 30.7 Å². The summed E-state index contributed by atoms with van der Waals surface area (Å²) in [6.45, 7) is 3.37. The minimum Gasteiger partial charge on any atom is -0.369 e. The number of nitrogens with one attached hydrogen (secondary N) is 1. The monoisotopic (exact) mass is 436 g/mol. The molecule has 0 spiro atoms. The highest BCUT2D eigenvalue weighted by molar-refractivity contribution is 6.44. The number of halogens is 3. The van der Waals surface area contributed by atoms with Gasteiger partial charge in [-0.25, -0.2) is 0 Å². The molecule has 0 aliphatic carbocycles. The maximum atomic E-state index is 12.4. The summed E-state index contributed by atoms with van der Waals surface area (Å²) in [5.41, 5.74) is 2.06. The zero-order valence-corrected chi connectivity index (χ0v) is 17.4. The summed E-state index contributed by atoms with van der Waals surface area (Å²) < 4.78 is 0. The molecule has 1 saturated heterocycles. The van der Waals surface area contributed by atoms with Crippen LogP contribution < -0.4 is 10.2 Å². The fourth-order valence-electron chi connectivity index (χ4n) is 3.23. The number of anilines is 2. The van der Waals surface area contributed by atoms with Gasteiger partial charge in [0, 0.05) is 26.2 Å². The predicted molar refractivity (Wildman–Crippen MR) is 115 cm³/mol. The van der Waals surface area contributed by atoms with E-state index in [0.717, 1.165) is 38.3 Å². The molecule has 2 aromatic rings. The first kappa shape index (κ1) is 20.8. The summed E-state index contributed by atoms with van der Waals surface area (Å²) >= 11 is 18.0. The van der Waals surface area contributed by atoms with Crippen molar-refractivity contribution in [2.75, 3.05) is 42.9 Å². The van der Waals surface area contributed by atoms with Crippen LogP contribution in [-0.4, -0.2) is 43.5 Å². The van der Waals surface area contributed by atoms with E-state index in [9.17, 15) is 10.1 Å². The molecule has 3 rings (SSSR count). The van der Waals surface area contributed by atoms with Crippen molar-refractivity contribution in [3.8, 4) is 6.07 Å². The van der Waals surface area contributed by atoms with Crippen molar-refractivity contribution in [2.45, 2.75) is 6.42 Å². The highest BCUT2D eigenvalue weighted by Gasteiger charge is 2.19. The maximum absolute atomic E-state index is 12.4. The first-order valence-corrected chi connectivity index (χ1v) is 10.0. The van der Waals surface area contributed by atoms with Crippen LogP contribution in [0.1, 0.15) is 12.0 Å². The van der Waals surface area contributed by atoms with Crippen LogP contribution in [-0.2, 0) is 4.79 Å². The minimum atomic E-state index is -0.161. The van der Waals surface area contributed by atoms with Gasteiger partial charge in [0.15, 0.2) is 0 Å². The van der Waals surface area contributed by atoms with Crippen LogP contribution in [0.4, 0.5) is 11.4 Å². The molecule has 0 saturated carbocycles. The van der Waals surface area contributed by atoms with Crippen molar-refractivity contribution in [1.29, 1.82) is 5.26 Å². The third kappa shape index (κ3) is 5.09. The number of para-hydroxylation sites is 1. The zero-order valence-electron chi connectivity index (χ0n) is 15.1. The second-order valence-corrected chi connectivity index (χ2v) is 7.76. The Morgan fingerprint density at radius 2 is 1.79 bits per heavy atom. The van der Waals surface area contributed by atoms with Gasteiger partial charge in [0.2, 0.25) is 5.91 Å². The van der Waals surface area contributed by atoms with E-state index in [4.69, 9.17) is 34.8 Å². The van der Waals surface area contributed by atoms with Gasteiger partial charge < -0.3 is 10.2 Å². The molecule has 0 unspecified atom stereocenters. The normalized spacial score (nSPS) is 15.0. The van der Waals surface area contributed by atoms with Gasteiger partial charge in [0.05, 0.1) is 38.6 Å². The number of rotatable bonds is 4. The van der Waals surface area contributed by atoms with E-state index in [1.807, 2.05) is 24.3 Å². The molecule has 1 N–H and O–H groups in total. The van der Waals surface area contributed by atoms with Crippen LogP contribution >= 0.6 is 34.8 Å². The van der Waals surface area contributed by atoms with Crippen LogP contribution in [0.25, 0.3) is 0 Å². The Morgan fingerprint density at radius 3 is 2.57 bits per heavy atom. The predicted octanol–water partition coefficient (Wildman–Crippen LogP) is 4.67. The number of hydrogen-bond acceptors (Lipinski definition) is 4. The standard InChI is InChI=1S/C20H19Cl3N4O/c21-15-10-17(23)18(11-16(15)22)25-20(28)13-26-6-3-7-27(9-8-26)19-5-2-1-4-14(19)12-24/h1-2,4-5,10-11H,3,6-9,13H2,(H,25,28). The molecule has 1 heterocycles. The largest absolute Gasteiger partial charge is 0.369 e. The Kier molecular flexibility index (Phi) is 7.03. The van der Waals surface area contributed by atoms with Gasteiger partial charge in [-0.2, -0.15) is 5.26 Å². The van der Waals surface area contributed by atoms with Crippen LogP contribution in [0, 0.1) is 11.3 Å². The third-order valence-electron chi connectivity index (χ3n) is 4.60. The number of hydrogen-bond donors (Lipinski definition) is 1. The number of nitriles is 1. The molecule has 5 nitrogen and oxygen atoms in total. The van der Waals surface area contributed by atoms with Crippen LogP contribution in [0.3, 0.4) is 0 Å². The zero-order chi connectivity index (χ0) is 20.1. The summed E-state index contributed by atoms with van der Waals surface area (Å²) in [5.74, 6) is -0.161. The van der Waals surface area contributed by atoms with Crippen molar-refractivity contribution >= 4 is 52.1 Å². The number of amides is 1. The lowest BCUT2D eigenvalue weighted by molar-refractivity contribution is -0.117. The Balaban J connectivity index is 1.60. The van der Waals surface area contributed by atoms with Gasteiger partial charge in [-0.1, -0.05) is 46.9 Å². The van der Waals surface area contributed by atoms with Crippen molar-refractivity contribution in [3.05, 3.63) is 57.0 Å². The molecule has 146 valence electrons. The first-order chi connectivity index (χ1) is 13.5. The number of nitrogens with zero attached hydrogens (tertiary/aromatic N) is 3. The summed E-state index contributed by atoms with van der Waals surface area (Å²) in [5, 5.41) is 13.1. The molecule has 1 aliphatic heterocycles. The fraction of sp³-hybridized carbons (Fsp3) is 0.300. The SMILES string of the molecule is N#Cc1ccccc1N1CCCN(CC(=O)Nc2cc(Cl)c(Cl)cc2Cl)CC1. The Bertz CT molecular complexity index is 913. The van der Waals surface area contributed by atoms with Crippen molar-refractivity contribution in [1.82, 2.24) is 4.90 Å². The van der Waals surface area contributed by atoms with Crippen LogP contribution in [0.2, 0.25) is 15.1 Å². The number of carbonyl (C=O) groups excluding carboxylic acids is 1. The third-order valence-corrected chi connectivity index (χ3v) is 5.64. The summed E-state index contributed by atoms with van der Waals surface area (Å²) in [4.78, 5) is 16.7.